The van der Waals surface area contributed by atoms with Crippen LogP contribution in [-0.2, 0) is 16.0 Å². The SMILES string of the molecule is CCOC(OCC)c1cn(CC2(O)CCCC2)nn1. The minimum Gasteiger partial charge on any atom is -0.388 e. The second-order valence-corrected chi connectivity index (χ2v) is 5.02. The fourth-order valence-corrected chi connectivity index (χ4v) is 2.51. The van der Waals surface area contributed by atoms with E-state index in [9.17, 15) is 5.11 Å². The van der Waals surface area contributed by atoms with Crippen LogP contribution in [0.25, 0.3) is 0 Å². The normalized spacial score (nSPS) is 18.3. The molecule has 6 nitrogen and oxygen atoms in total. The summed E-state index contributed by atoms with van der Waals surface area (Å²) < 4.78 is 12.6. The van der Waals surface area contributed by atoms with Crippen LogP contribution in [0.5, 0.6) is 0 Å². The van der Waals surface area contributed by atoms with E-state index in [0.717, 1.165) is 25.7 Å². The zero-order valence-corrected chi connectivity index (χ0v) is 11.7. The van der Waals surface area contributed by atoms with Crippen molar-refractivity contribution in [1.82, 2.24) is 15.0 Å². The second kappa shape index (κ2) is 6.45. The predicted octanol–water partition coefficient (Wildman–Crippen LogP) is 1.65. The summed E-state index contributed by atoms with van der Waals surface area (Å²) in [6.07, 6.45) is 5.16. The molecule has 1 aromatic heterocycles. The third-order valence-electron chi connectivity index (χ3n) is 3.42. The van der Waals surface area contributed by atoms with Crippen LogP contribution in [0.15, 0.2) is 6.20 Å². The fraction of sp³-hybridized carbons (Fsp3) is 0.846. The molecule has 0 spiro atoms. The summed E-state index contributed by atoms with van der Waals surface area (Å²) in [7, 11) is 0. The van der Waals surface area contributed by atoms with Crippen molar-refractivity contribution < 1.29 is 14.6 Å². The average molecular weight is 269 g/mol. The molecule has 1 aromatic rings. The lowest BCUT2D eigenvalue weighted by Gasteiger charge is -2.21. The fourth-order valence-electron chi connectivity index (χ4n) is 2.51. The molecule has 0 radical (unpaired) electrons. The van der Waals surface area contributed by atoms with Crippen LogP contribution in [0.3, 0.4) is 0 Å². The van der Waals surface area contributed by atoms with Gasteiger partial charge in [-0.05, 0) is 26.7 Å². The van der Waals surface area contributed by atoms with Crippen molar-refractivity contribution in [2.24, 2.45) is 0 Å². The summed E-state index contributed by atoms with van der Waals surface area (Å²) in [5, 5.41) is 18.5. The smallest absolute Gasteiger partial charge is 0.204 e. The van der Waals surface area contributed by atoms with Crippen molar-refractivity contribution in [2.45, 2.75) is 58.0 Å². The van der Waals surface area contributed by atoms with Gasteiger partial charge in [-0.3, -0.25) is 0 Å². The minimum atomic E-state index is -0.627. The van der Waals surface area contributed by atoms with Crippen LogP contribution in [-0.4, -0.2) is 38.9 Å². The lowest BCUT2D eigenvalue weighted by molar-refractivity contribution is -0.142. The first kappa shape index (κ1) is 14.4. The summed E-state index contributed by atoms with van der Waals surface area (Å²) in [6, 6.07) is 0. The molecule has 1 fully saturated rings. The highest BCUT2D eigenvalue weighted by molar-refractivity contribution is 4.96. The molecule has 6 heteroatoms. The number of rotatable bonds is 7. The zero-order chi connectivity index (χ0) is 13.7. The molecule has 0 unspecified atom stereocenters. The summed E-state index contributed by atoms with van der Waals surface area (Å²) >= 11 is 0. The number of aromatic nitrogens is 3. The third kappa shape index (κ3) is 3.75. The van der Waals surface area contributed by atoms with Gasteiger partial charge >= 0.3 is 0 Å². The Morgan fingerprint density at radius 1 is 1.32 bits per heavy atom. The monoisotopic (exact) mass is 269 g/mol. The molecule has 0 amide bonds. The van der Waals surface area contributed by atoms with Crippen LogP contribution < -0.4 is 0 Å². The van der Waals surface area contributed by atoms with Gasteiger partial charge in [0.1, 0.15) is 5.69 Å². The Hall–Kier alpha value is -0.980. The topological polar surface area (TPSA) is 69.4 Å². The Labute approximate surface area is 113 Å². The first-order chi connectivity index (χ1) is 9.17. The molecule has 0 aromatic carbocycles. The summed E-state index contributed by atoms with van der Waals surface area (Å²) in [6.45, 7) is 5.43. The second-order valence-electron chi connectivity index (χ2n) is 5.02. The minimum absolute atomic E-state index is 0.470. The quantitative estimate of drug-likeness (QED) is 0.762. The van der Waals surface area contributed by atoms with E-state index in [1.54, 1.807) is 10.9 Å². The summed E-state index contributed by atoms with van der Waals surface area (Å²) in [5.41, 5.74) is 0.0304. The molecule has 0 saturated heterocycles. The molecule has 1 aliphatic carbocycles. The van der Waals surface area contributed by atoms with Gasteiger partial charge in [0.05, 0.1) is 18.3 Å². The molecule has 0 bridgehead atoms. The van der Waals surface area contributed by atoms with Crippen LogP contribution in [0.1, 0.15) is 51.5 Å². The Kier molecular flexibility index (Phi) is 4.90. The Morgan fingerprint density at radius 3 is 2.53 bits per heavy atom. The Balaban J connectivity index is 2.00. The van der Waals surface area contributed by atoms with Crippen molar-refractivity contribution in [3.8, 4) is 0 Å². The standard InChI is InChI=1S/C13H23N3O3/c1-3-18-12(19-4-2)11-9-16(15-14-11)10-13(17)7-5-6-8-13/h9,12,17H,3-8,10H2,1-2H3. The van der Waals surface area contributed by atoms with E-state index in [1.807, 2.05) is 13.8 Å². The van der Waals surface area contributed by atoms with Crippen molar-refractivity contribution in [1.29, 1.82) is 0 Å². The molecule has 2 rings (SSSR count). The van der Waals surface area contributed by atoms with E-state index in [-0.39, 0.29) is 0 Å². The predicted molar refractivity (Wildman–Crippen MR) is 69.4 cm³/mol. The highest BCUT2D eigenvalue weighted by Crippen LogP contribution is 2.30. The van der Waals surface area contributed by atoms with E-state index in [4.69, 9.17) is 9.47 Å². The molecule has 108 valence electrons. The van der Waals surface area contributed by atoms with Gasteiger partial charge in [-0.25, -0.2) is 4.68 Å². The van der Waals surface area contributed by atoms with Crippen LogP contribution in [0, 0.1) is 0 Å². The van der Waals surface area contributed by atoms with Crippen molar-refractivity contribution in [3.05, 3.63) is 11.9 Å². The maximum Gasteiger partial charge on any atom is 0.204 e. The number of hydrogen-bond donors (Lipinski definition) is 1. The average Bonchev–Trinajstić information content (AvgIpc) is 2.99. The molecule has 0 atom stereocenters. The highest BCUT2D eigenvalue weighted by atomic mass is 16.7. The first-order valence-corrected chi connectivity index (χ1v) is 7.02. The molecule has 1 N–H and O–H groups in total. The van der Waals surface area contributed by atoms with Gasteiger partial charge in [-0.1, -0.05) is 18.1 Å². The van der Waals surface area contributed by atoms with E-state index in [2.05, 4.69) is 10.3 Å². The van der Waals surface area contributed by atoms with Gasteiger partial charge in [-0.15, -0.1) is 5.10 Å². The molecule has 19 heavy (non-hydrogen) atoms. The van der Waals surface area contributed by atoms with Crippen LogP contribution in [0.2, 0.25) is 0 Å². The Bertz CT molecular complexity index is 382. The molecule has 0 aliphatic heterocycles. The molecule has 1 heterocycles. The maximum atomic E-state index is 10.3. The molecular formula is C13H23N3O3. The number of hydrogen-bond acceptors (Lipinski definition) is 5. The summed E-state index contributed by atoms with van der Waals surface area (Å²) in [5.74, 6) is 0. The van der Waals surface area contributed by atoms with Gasteiger partial charge in [0.25, 0.3) is 0 Å². The Morgan fingerprint density at radius 2 is 1.95 bits per heavy atom. The van der Waals surface area contributed by atoms with Crippen molar-refractivity contribution in [3.63, 3.8) is 0 Å². The van der Waals surface area contributed by atoms with E-state index < -0.39 is 11.9 Å². The van der Waals surface area contributed by atoms with E-state index in [1.165, 1.54) is 0 Å². The largest absolute Gasteiger partial charge is 0.388 e. The van der Waals surface area contributed by atoms with Gasteiger partial charge in [0.15, 0.2) is 0 Å². The maximum absolute atomic E-state index is 10.3. The number of aliphatic hydroxyl groups is 1. The van der Waals surface area contributed by atoms with Crippen molar-refractivity contribution in [2.75, 3.05) is 13.2 Å². The van der Waals surface area contributed by atoms with Gasteiger partial charge in [0, 0.05) is 13.2 Å². The van der Waals surface area contributed by atoms with Crippen LogP contribution in [0.4, 0.5) is 0 Å². The van der Waals surface area contributed by atoms with Gasteiger partial charge in [-0.2, -0.15) is 0 Å². The number of ether oxygens (including phenoxy) is 2. The zero-order valence-electron chi connectivity index (χ0n) is 11.7. The number of nitrogens with zero attached hydrogens (tertiary/aromatic N) is 3. The van der Waals surface area contributed by atoms with E-state index in [0.29, 0.717) is 25.5 Å². The first-order valence-electron chi connectivity index (χ1n) is 7.02. The molecule has 1 saturated carbocycles. The molecule has 1 aliphatic rings. The third-order valence-corrected chi connectivity index (χ3v) is 3.42. The molecular weight excluding hydrogens is 246 g/mol. The van der Waals surface area contributed by atoms with Gasteiger partial charge < -0.3 is 14.6 Å². The van der Waals surface area contributed by atoms with Crippen LogP contribution >= 0.6 is 0 Å². The van der Waals surface area contributed by atoms with Crippen molar-refractivity contribution >= 4 is 0 Å². The van der Waals surface area contributed by atoms with E-state index >= 15 is 0 Å². The lowest BCUT2D eigenvalue weighted by Crippen LogP contribution is -2.30. The highest BCUT2D eigenvalue weighted by Gasteiger charge is 2.32. The lowest BCUT2D eigenvalue weighted by atomic mass is 10.0. The van der Waals surface area contributed by atoms with Gasteiger partial charge in [0.2, 0.25) is 6.29 Å². The summed E-state index contributed by atoms with van der Waals surface area (Å²) in [4.78, 5) is 0.